The van der Waals surface area contributed by atoms with E-state index in [0.29, 0.717) is 26.2 Å². The second-order valence-corrected chi connectivity index (χ2v) is 12.5. The average molecular weight is 621 g/mol. The number of nitrogens with zero attached hydrogens (tertiary/aromatic N) is 3. The summed E-state index contributed by atoms with van der Waals surface area (Å²) in [6.45, 7) is 1.63. The van der Waals surface area contributed by atoms with Crippen LogP contribution in [0.4, 0.5) is 17.1 Å². The first kappa shape index (κ1) is 27.9. The number of nitro benzene ring substituents is 1. The molecule has 3 unspecified atom stereocenters. The minimum Gasteiger partial charge on any atom is -0.325 e. The van der Waals surface area contributed by atoms with Crippen molar-refractivity contribution in [2.45, 2.75) is 29.7 Å². The number of halogens is 1. The molecule has 0 bridgehead atoms. The van der Waals surface area contributed by atoms with Crippen LogP contribution in [0.2, 0.25) is 5.02 Å². The average Bonchev–Trinajstić information content (AvgIpc) is 3.39. The highest BCUT2D eigenvalue weighted by Gasteiger charge is 2.56. The highest BCUT2D eigenvalue weighted by atomic mass is 35.5. The zero-order chi connectivity index (χ0) is 29.7. The smallest absolute Gasteiger partial charge is 0.308 e. The first-order chi connectivity index (χ1) is 20.1. The lowest BCUT2D eigenvalue weighted by atomic mass is 9.83. The lowest BCUT2D eigenvalue weighted by molar-refractivity contribution is -0.384. The normalized spacial score (nSPS) is 19.4. The molecule has 2 aliphatic rings. The van der Waals surface area contributed by atoms with Crippen molar-refractivity contribution in [1.29, 1.82) is 0 Å². The van der Waals surface area contributed by atoms with E-state index in [1.54, 1.807) is 30.3 Å². The Balaban J connectivity index is 1.40. The Morgan fingerprint density at radius 1 is 1.02 bits per heavy atom. The molecule has 3 amide bonds. The van der Waals surface area contributed by atoms with Crippen molar-refractivity contribution in [2.75, 3.05) is 10.2 Å². The number of thioether (sulfide) groups is 1. The quantitative estimate of drug-likeness (QED) is 0.178. The van der Waals surface area contributed by atoms with Gasteiger partial charge in [-0.05, 0) is 54.4 Å². The Kier molecular flexibility index (Phi) is 7.21. The predicted octanol–water partition coefficient (Wildman–Crippen LogP) is 5.21. The molecule has 1 aromatic heterocycles. The molecule has 0 saturated carbocycles. The lowest BCUT2D eigenvalue weighted by Gasteiger charge is -2.30. The van der Waals surface area contributed by atoms with Gasteiger partial charge in [-0.25, -0.2) is 4.90 Å². The number of benzene rings is 3. The van der Waals surface area contributed by atoms with Crippen LogP contribution >= 0.6 is 34.7 Å². The zero-order valence-corrected chi connectivity index (χ0v) is 24.2. The standard InChI is InChI=1S/C29H21ClN4O6S2/c1-15-3-2-4-18(13-15)31-21(35)14-32-28-25(42-29(32)38)22(16-5-7-17(30)8-6-16)23-24(41-28)27(37)33(26(23)36)19-9-11-20(12-10-19)34(39)40/h2-13,22-24H,14H2,1H3,(H,31,35). The third-order valence-corrected chi connectivity index (χ3v) is 10.1. The van der Waals surface area contributed by atoms with Gasteiger partial charge in [-0.2, -0.15) is 0 Å². The molecule has 212 valence electrons. The minimum absolute atomic E-state index is 0.168. The van der Waals surface area contributed by atoms with Crippen LogP contribution in [0.5, 0.6) is 0 Å². The number of carbonyl (C=O) groups is 3. The second-order valence-electron chi connectivity index (χ2n) is 9.92. The molecule has 10 nitrogen and oxygen atoms in total. The van der Waals surface area contributed by atoms with E-state index in [4.69, 9.17) is 11.6 Å². The molecular formula is C29H21ClN4O6S2. The van der Waals surface area contributed by atoms with Gasteiger partial charge in [0.2, 0.25) is 17.7 Å². The Morgan fingerprint density at radius 3 is 2.40 bits per heavy atom. The van der Waals surface area contributed by atoms with Crippen LogP contribution in [0.15, 0.2) is 82.6 Å². The van der Waals surface area contributed by atoms with Crippen LogP contribution in [-0.4, -0.2) is 32.5 Å². The van der Waals surface area contributed by atoms with Crippen LogP contribution in [-0.2, 0) is 20.9 Å². The van der Waals surface area contributed by atoms with Gasteiger partial charge < -0.3 is 5.32 Å². The second kappa shape index (κ2) is 10.9. The number of hydrogen-bond donors (Lipinski definition) is 1. The van der Waals surface area contributed by atoms with Crippen LogP contribution in [0.25, 0.3) is 0 Å². The molecule has 1 N–H and O–H groups in total. The highest BCUT2D eigenvalue weighted by Crippen LogP contribution is 2.54. The molecule has 3 heterocycles. The van der Waals surface area contributed by atoms with E-state index in [2.05, 4.69) is 5.32 Å². The third kappa shape index (κ3) is 4.91. The first-order valence-electron chi connectivity index (χ1n) is 12.8. The maximum absolute atomic E-state index is 13.9. The number of thiazole rings is 1. The van der Waals surface area contributed by atoms with Crippen LogP contribution < -0.4 is 15.1 Å². The van der Waals surface area contributed by atoms with Crippen molar-refractivity contribution in [2.24, 2.45) is 5.92 Å². The van der Waals surface area contributed by atoms with E-state index in [1.165, 1.54) is 28.8 Å². The summed E-state index contributed by atoms with van der Waals surface area (Å²) in [4.78, 5) is 65.8. The summed E-state index contributed by atoms with van der Waals surface area (Å²) in [5, 5.41) is 14.0. The molecule has 0 aliphatic carbocycles. The Bertz CT molecular complexity index is 1820. The fraction of sp³-hybridized carbons (Fsp3) is 0.172. The van der Waals surface area contributed by atoms with Crippen LogP contribution in [0, 0.1) is 23.0 Å². The molecular weight excluding hydrogens is 600 g/mol. The summed E-state index contributed by atoms with van der Waals surface area (Å²) in [7, 11) is 0. The lowest BCUT2D eigenvalue weighted by Crippen LogP contribution is -2.33. The number of aromatic nitrogens is 1. The molecule has 6 rings (SSSR count). The van der Waals surface area contributed by atoms with Gasteiger partial charge in [0.15, 0.2) is 0 Å². The third-order valence-electron chi connectivity index (χ3n) is 7.20. The number of anilines is 2. The SMILES string of the molecule is Cc1cccc(NC(=O)Cn2c3c(sc2=O)C(c2ccc(Cl)cc2)C2C(=O)N(c4ccc([N+](=O)[O-])cc4)C(=O)C2S3)c1. The number of carbonyl (C=O) groups excluding carboxylic acids is 3. The largest absolute Gasteiger partial charge is 0.325 e. The van der Waals surface area contributed by atoms with E-state index >= 15 is 0 Å². The molecule has 0 spiro atoms. The summed E-state index contributed by atoms with van der Waals surface area (Å²) in [5.41, 5.74) is 2.31. The number of amides is 3. The highest BCUT2D eigenvalue weighted by molar-refractivity contribution is 8.00. The molecule has 13 heteroatoms. The van der Waals surface area contributed by atoms with E-state index in [9.17, 15) is 29.3 Å². The molecule has 0 radical (unpaired) electrons. The summed E-state index contributed by atoms with van der Waals surface area (Å²) in [6.07, 6.45) is 0. The van der Waals surface area contributed by atoms with Crippen LogP contribution in [0.3, 0.4) is 0 Å². The monoisotopic (exact) mass is 620 g/mol. The van der Waals surface area contributed by atoms with Crippen molar-refractivity contribution in [3.05, 3.63) is 114 Å². The van der Waals surface area contributed by atoms with Gasteiger partial charge in [0.25, 0.3) is 5.69 Å². The van der Waals surface area contributed by atoms with Crippen molar-refractivity contribution in [1.82, 2.24) is 4.57 Å². The van der Waals surface area contributed by atoms with Crippen LogP contribution in [0.1, 0.15) is 21.9 Å². The summed E-state index contributed by atoms with van der Waals surface area (Å²) >= 11 is 8.18. The fourth-order valence-corrected chi connectivity index (χ4v) is 8.23. The molecule has 3 aromatic carbocycles. The number of non-ortho nitro benzene ring substituents is 1. The van der Waals surface area contributed by atoms with E-state index < -0.39 is 39.7 Å². The molecule has 1 saturated heterocycles. The van der Waals surface area contributed by atoms with E-state index in [0.717, 1.165) is 33.6 Å². The van der Waals surface area contributed by atoms with Gasteiger partial charge in [-0.15, -0.1) is 0 Å². The topological polar surface area (TPSA) is 132 Å². The maximum Gasteiger partial charge on any atom is 0.308 e. The number of nitro groups is 1. The number of hydrogen-bond acceptors (Lipinski definition) is 8. The molecule has 1 fully saturated rings. The Morgan fingerprint density at radius 2 is 1.74 bits per heavy atom. The van der Waals surface area contributed by atoms with Crippen molar-refractivity contribution < 1.29 is 19.3 Å². The number of rotatable bonds is 6. The Hall–Kier alpha value is -4.26. The molecule has 4 aromatic rings. The summed E-state index contributed by atoms with van der Waals surface area (Å²) in [5.74, 6) is -2.87. The number of aryl methyl sites for hydroxylation is 1. The van der Waals surface area contributed by atoms with E-state index in [1.807, 2.05) is 25.1 Å². The van der Waals surface area contributed by atoms with Crippen molar-refractivity contribution in [3.8, 4) is 0 Å². The fourth-order valence-electron chi connectivity index (χ4n) is 5.33. The summed E-state index contributed by atoms with van der Waals surface area (Å²) < 4.78 is 1.35. The van der Waals surface area contributed by atoms with Gasteiger partial charge in [0.05, 0.1) is 21.6 Å². The maximum atomic E-state index is 13.9. The summed E-state index contributed by atoms with van der Waals surface area (Å²) in [6, 6.07) is 19.4. The minimum atomic E-state index is -0.888. The van der Waals surface area contributed by atoms with Gasteiger partial charge in [0.1, 0.15) is 11.8 Å². The predicted molar refractivity (Wildman–Crippen MR) is 160 cm³/mol. The molecule has 2 aliphatic heterocycles. The van der Waals surface area contributed by atoms with E-state index in [-0.39, 0.29) is 22.8 Å². The van der Waals surface area contributed by atoms with Gasteiger partial charge in [-0.3, -0.25) is 33.9 Å². The molecule has 42 heavy (non-hydrogen) atoms. The van der Waals surface area contributed by atoms with Gasteiger partial charge >= 0.3 is 4.87 Å². The van der Waals surface area contributed by atoms with Crippen molar-refractivity contribution >= 4 is 69.5 Å². The number of nitrogens with one attached hydrogen (secondary N) is 1. The number of imide groups is 1. The van der Waals surface area contributed by atoms with Crippen molar-refractivity contribution in [3.63, 3.8) is 0 Å². The van der Waals surface area contributed by atoms with Gasteiger partial charge in [-0.1, -0.05) is 59.0 Å². The first-order valence-corrected chi connectivity index (χ1v) is 14.8. The zero-order valence-electron chi connectivity index (χ0n) is 21.9. The Labute approximate surface area is 252 Å². The number of fused-ring (bicyclic) bond motifs is 2. The molecule has 3 atom stereocenters. The van der Waals surface area contributed by atoms with Gasteiger partial charge in [0, 0.05) is 33.6 Å².